The second kappa shape index (κ2) is 15.1. The van der Waals surface area contributed by atoms with Crippen molar-refractivity contribution in [3.63, 3.8) is 0 Å². The SMILES string of the molecule is O=S(=O)([O-])[O-].O=S(=O)([O-])[O-].O=S(=O)([O-])[O-].O=S(=O)([O-])[O-].[Fe+3].[V+5]. The summed E-state index contributed by atoms with van der Waals surface area (Å²) in [6, 6.07) is 0. The standard InChI is InChI=1S/Fe.4H2O4S.V/c;4*1-5(2,3)4;/h;4*(H2,1,2,3,4);/q+3;;;;;+5/p-8. The Morgan fingerprint density at radius 3 is 0.364 bits per heavy atom. The molecular formula is FeO16S4V. The van der Waals surface area contributed by atoms with Crippen molar-refractivity contribution in [2.24, 2.45) is 0 Å². The molecule has 16 nitrogen and oxygen atoms in total. The van der Waals surface area contributed by atoms with Crippen molar-refractivity contribution in [1.29, 1.82) is 0 Å². The van der Waals surface area contributed by atoms with Crippen LogP contribution in [0.2, 0.25) is 0 Å². The summed E-state index contributed by atoms with van der Waals surface area (Å²) in [7, 11) is -20.7. The fraction of sp³-hybridized carbons (Fsp3) is 0. The van der Waals surface area contributed by atoms with Crippen molar-refractivity contribution in [2.75, 3.05) is 0 Å². The molecular weight excluding hydrogens is 491 g/mol. The molecule has 0 heterocycles. The van der Waals surface area contributed by atoms with E-state index in [9.17, 15) is 0 Å². The van der Waals surface area contributed by atoms with E-state index in [4.69, 9.17) is 70.1 Å². The average Bonchev–Trinajstić information content (AvgIpc) is 1.62. The van der Waals surface area contributed by atoms with E-state index in [0.29, 0.717) is 0 Å². The van der Waals surface area contributed by atoms with Crippen molar-refractivity contribution in [1.82, 2.24) is 0 Å². The van der Waals surface area contributed by atoms with Gasteiger partial charge in [0.25, 0.3) is 0 Å². The predicted octanol–water partition coefficient (Wildman–Crippen LogP) is -5.36. The van der Waals surface area contributed by atoms with Crippen molar-refractivity contribution >= 4 is 41.6 Å². The first-order valence-electron chi connectivity index (χ1n) is 2.67. The van der Waals surface area contributed by atoms with Gasteiger partial charge >= 0.3 is 35.6 Å². The van der Waals surface area contributed by atoms with Gasteiger partial charge in [-0.25, -0.2) is 0 Å². The van der Waals surface area contributed by atoms with Crippen molar-refractivity contribution < 1.29 is 106 Å². The molecule has 0 unspecified atom stereocenters. The molecule has 0 aromatic heterocycles. The van der Waals surface area contributed by atoms with Crippen LogP contribution in [0.4, 0.5) is 0 Å². The van der Waals surface area contributed by atoms with Crippen LogP contribution in [0, 0.1) is 0 Å². The van der Waals surface area contributed by atoms with Gasteiger partial charge in [-0.1, -0.05) is 0 Å². The first-order chi connectivity index (χ1) is 8.00. The van der Waals surface area contributed by atoms with Gasteiger partial charge in [-0.3, -0.25) is 33.7 Å². The van der Waals surface area contributed by atoms with E-state index in [-0.39, 0.29) is 35.6 Å². The second-order valence-electron chi connectivity index (χ2n) is 1.63. The molecule has 0 aromatic carbocycles. The number of rotatable bonds is 0. The average molecular weight is 491 g/mol. The Labute approximate surface area is 147 Å². The fourth-order valence-corrected chi connectivity index (χ4v) is 0. The molecule has 0 bridgehead atoms. The second-order valence-corrected chi connectivity index (χ2v) is 4.90. The van der Waals surface area contributed by atoms with Crippen LogP contribution in [0.3, 0.4) is 0 Å². The molecule has 22 heteroatoms. The zero-order valence-electron chi connectivity index (χ0n) is 8.97. The third-order valence-electron chi connectivity index (χ3n) is 0. The van der Waals surface area contributed by atoms with E-state index in [0.717, 1.165) is 0 Å². The van der Waals surface area contributed by atoms with Crippen LogP contribution in [-0.4, -0.2) is 70.1 Å². The quantitative estimate of drug-likeness (QED) is 0.173. The first-order valence-corrected chi connectivity index (χ1v) is 8.00. The van der Waals surface area contributed by atoms with Gasteiger partial charge in [0.05, 0.1) is 0 Å². The molecule has 0 aliphatic heterocycles. The Hall–Kier alpha value is 0.584. The summed E-state index contributed by atoms with van der Waals surface area (Å²) in [5.41, 5.74) is 0. The number of hydrogen-bond acceptors (Lipinski definition) is 16. The number of hydrogen-bond donors (Lipinski definition) is 0. The molecule has 0 N–H and O–H groups in total. The summed E-state index contributed by atoms with van der Waals surface area (Å²) >= 11 is 0. The molecule has 0 fully saturated rings. The van der Waals surface area contributed by atoms with E-state index in [1.165, 1.54) is 0 Å². The van der Waals surface area contributed by atoms with Crippen LogP contribution < -0.4 is 0 Å². The molecule has 0 atom stereocenters. The topological polar surface area (TPSA) is 321 Å². The zero-order chi connectivity index (χ0) is 18.0. The normalized spacial score (nSPS) is 10.5. The van der Waals surface area contributed by atoms with Crippen LogP contribution in [0.15, 0.2) is 0 Å². The predicted molar refractivity (Wildman–Crippen MR) is 41.9 cm³/mol. The van der Waals surface area contributed by atoms with Crippen LogP contribution in [0.25, 0.3) is 0 Å². The summed E-state index contributed by atoms with van der Waals surface area (Å²) < 4.78 is 136. The van der Waals surface area contributed by atoms with Gasteiger partial charge in [0, 0.05) is 41.6 Å². The Morgan fingerprint density at radius 1 is 0.364 bits per heavy atom. The third-order valence-corrected chi connectivity index (χ3v) is 0. The zero-order valence-corrected chi connectivity index (χ0v) is 14.7. The molecule has 22 heavy (non-hydrogen) atoms. The van der Waals surface area contributed by atoms with Gasteiger partial charge in [-0.2, -0.15) is 0 Å². The van der Waals surface area contributed by atoms with Crippen LogP contribution in [0.1, 0.15) is 0 Å². The van der Waals surface area contributed by atoms with Crippen LogP contribution in [0.5, 0.6) is 0 Å². The van der Waals surface area contributed by atoms with E-state index in [1.807, 2.05) is 0 Å². The molecule has 0 aliphatic rings. The maximum Gasteiger partial charge on any atom is 5.00 e. The minimum atomic E-state index is -5.17. The Balaban J connectivity index is -0.0000000376. The fourth-order valence-electron chi connectivity index (χ4n) is 0. The van der Waals surface area contributed by atoms with Crippen molar-refractivity contribution in [3.8, 4) is 0 Å². The Kier molecular flexibility index (Phi) is 26.3. The molecule has 0 aliphatic carbocycles. The molecule has 0 aromatic rings. The van der Waals surface area contributed by atoms with Crippen LogP contribution in [-0.2, 0) is 77.2 Å². The maximum atomic E-state index is 8.52. The molecule has 0 spiro atoms. The summed E-state index contributed by atoms with van der Waals surface area (Å²) in [6.07, 6.45) is 0. The van der Waals surface area contributed by atoms with E-state index >= 15 is 0 Å². The smallest absolute Gasteiger partial charge is 0.759 e. The van der Waals surface area contributed by atoms with E-state index < -0.39 is 41.6 Å². The summed E-state index contributed by atoms with van der Waals surface area (Å²) in [5.74, 6) is 0. The van der Waals surface area contributed by atoms with Crippen molar-refractivity contribution in [3.05, 3.63) is 0 Å². The van der Waals surface area contributed by atoms with Gasteiger partial charge in [0.1, 0.15) is 0 Å². The minimum Gasteiger partial charge on any atom is -0.759 e. The maximum absolute atomic E-state index is 8.52. The summed E-state index contributed by atoms with van der Waals surface area (Å²) in [4.78, 5) is 0. The Bertz CT molecular complexity index is 479. The molecule has 0 rings (SSSR count). The first kappa shape index (κ1) is 38.3. The summed E-state index contributed by atoms with van der Waals surface area (Å²) in [6.45, 7) is 0. The van der Waals surface area contributed by atoms with Gasteiger partial charge in [-0.05, 0) is 0 Å². The van der Waals surface area contributed by atoms with Gasteiger partial charge in [-0.15, -0.1) is 0 Å². The monoisotopic (exact) mass is 491 g/mol. The summed E-state index contributed by atoms with van der Waals surface area (Å²) in [5, 5.41) is 0. The Morgan fingerprint density at radius 2 is 0.364 bits per heavy atom. The molecule has 0 amide bonds. The molecule has 0 saturated heterocycles. The molecule has 0 saturated carbocycles. The largest absolute Gasteiger partial charge is 5.00 e. The minimum absolute atomic E-state index is 0. The third kappa shape index (κ3) is 23200. The molecule has 1 radical (unpaired) electrons. The van der Waals surface area contributed by atoms with Crippen molar-refractivity contribution in [2.45, 2.75) is 0 Å². The van der Waals surface area contributed by atoms with Gasteiger partial charge in [0.15, 0.2) is 0 Å². The van der Waals surface area contributed by atoms with E-state index in [2.05, 4.69) is 0 Å². The van der Waals surface area contributed by atoms with E-state index in [1.54, 1.807) is 0 Å². The van der Waals surface area contributed by atoms with Gasteiger partial charge in [0.2, 0.25) is 0 Å². The van der Waals surface area contributed by atoms with Crippen LogP contribution >= 0.6 is 0 Å². The van der Waals surface area contributed by atoms with Gasteiger partial charge < -0.3 is 36.4 Å². The molecule has 133 valence electrons.